The molecule has 26 heavy (non-hydrogen) atoms. The largest absolute Gasteiger partial charge is 0.486 e. The maximum Gasteiger partial charge on any atom is 0.209 e. The minimum Gasteiger partial charge on any atom is -0.486 e. The monoisotopic (exact) mass is 365 g/mol. The SMILES string of the molecule is c1ccc(-n2nc(SC[C@@H]3COc4ccccc4O3)nc2C2CC2)cc1. The summed E-state index contributed by atoms with van der Waals surface area (Å²) < 4.78 is 13.8. The summed E-state index contributed by atoms with van der Waals surface area (Å²) in [6.45, 7) is 0.554. The van der Waals surface area contributed by atoms with Crippen LogP contribution in [0, 0.1) is 0 Å². The van der Waals surface area contributed by atoms with Crippen LogP contribution in [0.5, 0.6) is 11.5 Å². The Hall–Kier alpha value is -2.47. The Morgan fingerprint density at radius 2 is 1.77 bits per heavy atom. The standard InChI is InChI=1S/C20H19N3O2S/c1-2-6-15(7-3-1)23-19(14-10-11-14)21-20(22-23)26-13-16-12-24-17-8-4-5-9-18(17)25-16/h1-9,14,16H,10-13H2/t16-/m0/s1. The van der Waals surface area contributed by atoms with E-state index in [-0.39, 0.29) is 6.10 Å². The van der Waals surface area contributed by atoms with Crippen LogP contribution < -0.4 is 9.47 Å². The van der Waals surface area contributed by atoms with E-state index in [1.807, 2.05) is 47.1 Å². The second-order valence-corrected chi connectivity index (χ2v) is 7.57. The number of benzene rings is 2. The van der Waals surface area contributed by atoms with E-state index in [1.165, 1.54) is 12.8 Å². The topological polar surface area (TPSA) is 49.2 Å². The first-order chi connectivity index (χ1) is 12.9. The first-order valence-electron chi connectivity index (χ1n) is 8.90. The lowest BCUT2D eigenvalue weighted by atomic mass is 10.3. The molecule has 0 radical (unpaired) electrons. The number of hydrogen-bond donors (Lipinski definition) is 0. The number of nitrogens with zero attached hydrogens (tertiary/aromatic N) is 3. The van der Waals surface area contributed by atoms with E-state index < -0.39 is 0 Å². The molecule has 2 aromatic carbocycles. The average Bonchev–Trinajstić information content (AvgIpc) is 3.46. The van der Waals surface area contributed by atoms with E-state index in [4.69, 9.17) is 19.6 Å². The highest BCUT2D eigenvalue weighted by molar-refractivity contribution is 7.99. The minimum atomic E-state index is 0.00273. The minimum absolute atomic E-state index is 0.00273. The summed E-state index contributed by atoms with van der Waals surface area (Å²) in [7, 11) is 0. The molecule has 0 bridgehead atoms. The van der Waals surface area contributed by atoms with Crippen molar-refractivity contribution >= 4 is 11.8 Å². The Morgan fingerprint density at radius 1 is 1.00 bits per heavy atom. The van der Waals surface area contributed by atoms with Crippen molar-refractivity contribution in [2.24, 2.45) is 0 Å². The molecular formula is C20H19N3O2S. The average molecular weight is 365 g/mol. The van der Waals surface area contributed by atoms with Gasteiger partial charge >= 0.3 is 0 Å². The summed E-state index contributed by atoms with van der Waals surface area (Å²) in [6.07, 6.45) is 2.40. The number of para-hydroxylation sites is 3. The van der Waals surface area contributed by atoms with Gasteiger partial charge in [0.1, 0.15) is 18.5 Å². The lowest BCUT2D eigenvalue weighted by molar-refractivity contribution is 0.107. The Bertz CT molecular complexity index is 908. The van der Waals surface area contributed by atoms with Gasteiger partial charge in [-0.3, -0.25) is 0 Å². The summed E-state index contributed by atoms with van der Waals surface area (Å²) >= 11 is 1.63. The lowest BCUT2D eigenvalue weighted by Gasteiger charge is -2.25. The van der Waals surface area contributed by atoms with Gasteiger partial charge in [0, 0.05) is 11.7 Å². The molecule has 132 valence electrons. The smallest absolute Gasteiger partial charge is 0.209 e. The van der Waals surface area contributed by atoms with Crippen molar-refractivity contribution in [2.75, 3.05) is 12.4 Å². The van der Waals surface area contributed by atoms with Crippen molar-refractivity contribution in [1.29, 1.82) is 0 Å². The molecule has 1 atom stereocenters. The van der Waals surface area contributed by atoms with Crippen molar-refractivity contribution in [3.63, 3.8) is 0 Å². The molecule has 3 aromatic rings. The number of aromatic nitrogens is 3. The van der Waals surface area contributed by atoms with Crippen molar-refractivity contribution in [3.05, 3.63) is 60.4 Å². The molecule has 5 nitrogen and oxygen atoms in total. The Morgan fingerprint density at radius 3 is 2.58 bits per heavy atom. The Balaban J connectivity index is 1.31. The third kappa shape index (κ3) is 3.17. The maximum atomic E-state index is 6.03. The van der Waals surface area contributed by atoms with Crippen molar-refractivity contribution in [1.82, 2.24) is 14.8 Å². The zero-order chi connectivity index (χ0) is 17.3. The second kappa shape index (κ2) is 6.68. The van der Waals surface area contributed by atoms with Gasteiger partial charge in [0.05, 0.1) is 5.69 Å². The van der Waals surface area contributed by atoms with Crippen LogP contribution in [0.15, 0.2) is 59.8 Å². The first kappa shape index (κ1) is 15.8. The molecule has 5 rings (SSSR count). The van der Waals surface area contributed by atoms with E-state index in [2.05, 4.69) is 12.1 Å². The number of fused-ring (bicyclic) bond motifs is 1. The van der Waals surface area contributed by atoms with Crippen LogP contribution in [0.4, 0.5) is 0 Å². The fourth-order valence-corrected chi connectivity index (χ4v) is 3.84. The maximum absolute atomic E-state index is 6.03. The highest BCUT2D eigenvalue weighted by atomic mass is 32.2. The number of ether oxygens (including phenoxy) is 2. The van der Waals surface area contributed by atoms with Crippen LogP contribution in [0.2, 0.25) is 0 Å². The molecule has 1 aliphatic carbocycles. The predicted molar refractivity (Wildman–Crippen MR) is 100 cm³/mol. The third-order valence-electron chi connectivity index (χ3n) is 4.52. The van der Waals surface area contributed by atoms with Gasteiger partial charge in [0.15, 0.2) is 11.5 Å². The molecule has 6 heteroatoms. The first-order valence-corrected chi connectivity index (χ1v) is 9.89. The molecule has 0 spiro atoms. The van der Waals surface area contributed by atoms with Crippen LogP contribution >= 0.6 is 11.8 Å². The highest BCUT2D eigenvalue weighted by Gasteiger charge is 2.31. The van der Waals surface area contributed by atoms with Gasteiger partial charge in [-0.2, -0.15) is 0 Å². The normalized spacial score (nSPS) is 18.7. The van der Waals surface area contributed by atoms with Gasteiger partial charge in [-0.05, 0) is 37.1 Å². The Kier molecular flexibility index (Phi) is 4.05. The van der Waals surface area contributed by atoms with Crippen LogP contribution in [0.1, 0.15) is 24.6 Å². The van der Waals surface area contributed by atoms with E-state index >= 15 is 0 Å². The molecule has 0 N–H and O–H groups in total. The van der Waals surface area contributed by atoms with Gasteiger partial charge in [-0.15, -0.1) is 5.10 Å². The molecule has 1 aromatic heterocycles. The van der Waals surface area contributed by atoms with Crippen LogP contribution in [-0.4, -0.2) is 33.2 Å². The molecule has 0 unspecified atom stereocenters. The quantitative estimate of drug-likeness (QED) is 0.638. The van der Waals surface area contributed by atoms with Crippen molar-refractivity contribution in [3.8, 4) is 17.2 Å². The number of rotatable bonds is 5. The fraction of sp³-hybridized carbons (Fsp3) is 0.300. The molecule has 0 saturated heterocycles. The van der Waals surface area contributed by atoms with E-state index in [9.17, 15) is 0 Å². The predicted octanol–water partition coefficient (Wildman–Crippen LogP) is 4.08. The highest BCUT2D eigenvalue weighted by Crippen LogP contribution is 2.40. The van der Waals surface area contributed by atoms with Crippen molar-refractivity contribution in [2.45, 2.75) is 30.0 Å². The number of thioether (sulfide) groups is 1. The molecular weight excluding hydrogens is 346 g/mol. The van der Waals surface area contributed by atoms with Crippen LogP contribution in [0.3, 0.4) is 0 Å². The zero-order valence-corrected chi connectivity index (χ0v) is 15.1. The van der Waals surface area contributed by atoms with E-state index in [0.717, 1.165) is 33.9 Å². The van der Waals surface area contributed by atoms with Crippen molar-refractivity contribution < 1.29 is 9.47 Å². The fourth-order valence-electron chi connectivity index (χ4n) is 3.04. The Labute approximate surface area is 156 Å². The third-order valence-corrected chi connectivity index (χ3v) is 5.49. The lowest BCUT2D eigenvalue weighted by Crippen LogP contribution is -2.31. The molecule has 1 fully saturated rings. The van der Waals surface area contributed by atoms with E-state index in [1.54, 1.807) is 11.8 Å². The molecule has 1 saturated carbocycles. The van der Waals surface area contributed by atoms with Crippen LogP contribution in [-0.2, 0) is 0 Å². The van der Waals surface area contributed by atoms with Crippen LogP contribution in [0.25, 0.3) is 5.69 Å². The van der Waals surface area contributed by atoms with Gasteiger partial charge in [-0.25, -0.2) is 9.67 Å². The second-order valence-electron chi connectivity index (χ2n) is 6.58. The van der Waals surface area contributed by atoms with Gasteiger partial charge in [0.25, 0.3) is 0 Å². The van der Waals surface area contributed by atoms with E-state index in [0.29, 0.717) is 12.5 Å². The molecule has 2 aliphatic rings. The number of hydrogen-bond acceptors (Lipinski definition) is 5. The summed E-state index contributed by atoms with van der Waals surface area (Å²) in [5, 5.41) is 5.55. The van der Waals surface area contributed by atoms with Gasteiger partial charge in [-0.1, -0.05) is 42.1 Å². The molecule has 1 aliphatic heterocycles. The summed E-state index contributed by atoms with van der Waals surface area (Å²) in [5.74, 6) is 4.00. The summed E-state index contributed by atoms with van der Waals surface area (Å²) in [6, 6.07) is 18.0. The zero-order valence-electron chi connectivity index (χ0n) is 14.2. The molecule has 0 amide bonds. The summed E-state index contributed by atoms with van der Waals surface area (Å²) in [4.78, 5) is 4.80. The van der Waals surface area contributed by atoms with Gasteiger partial charge in [0.2, 0.25) is 5.16 Å². The summed E-state index contributed by atoms with van der Waals surface area (Å²) in [5.41, 5.74) is 1.07. The molecule has 2 heterocycles. The van der Waals surface area contributed by atoms with Gasteiger partial charge < -0.3 is 9.47 Å².